The van der Waals surface area contributed by atoms with Crippen LogP contribution in [-0.4, -0.2) is 21.9 Å². The van der Waals surface area contributed by atoms with E-state index in [1.807, 2.05) is 0 Å². The summed E-state index contributed by atoms with van der Waals surface area (Å²) in [5.41, 5.74) is 5.43. The molecule has 2 rings (SSSR count). The third kappa shape index (κ3) is 3.19. The normalized spacial score (nSPS) is 11.3. The van der Waals surface area contributed by atoms with Crippen molar-refractivity contribution in [1.29, 1.82) is 0 Å². The molecule has 0 fully saturated rings. The fourth-order valence-corrected chi connectivity index (χ4v) is 1.97. The Balaban J connectivity index is 2.48. The predicted molar refractivity (Wildman–Crippen MR) is 60.5 cm³/mol. The van der Waals surface area contributed by atoms with E-state index in [1.165, 1.54) is 12.3 Å². The van der Waals surface area contributed by atoms with Gasteiger partial charge in [0, 0.05) is 11.1 Å². The molecule has 0 bridgehead atoms. The van der Waals surface area contributed by atoms with Crippen LogP contribution in [0.5, 0.6) is 5.75 Å². The maximum absolute atomic E-state index is 12.1. The van der Waals surface area contributed by atoms with Gasteiger partial charge in [-0.2, -0.15) is 0 Å². The summed E-state index contributed by atoms with van der Waals surface area (Å²) in [5, 5.41) is 3.56. The molecule has 2 aromatic rings. The average molecular weight is 289 g/mol. The first kappa shape index (κ1) is 13.3. The minimum Gasteiger partial charge on any atom is -0.406 e. The van der Waals surface area contributed by atoms with E-state index in [-0.39, 0.29) is 11.1 Å². The van der Waals surface area contributed by atoms with Crippen LogP contribution in [-0.2, 0) is 0 Å². The summed E-state index contributed by atoms with van der Waals surface area (Å²) < 4.78 is 43.8. The van der Waals surface area contributed by atoms with Crippen LogP contribution in [0, 0.1) is 0 Å². The largest absolute Gasteiger partial charge is 0.573 e. The molecule has 0 atom stereocenters. The first-order valence-electron chi connectivity index (χ1n) is 4.84. The first-order chi connectivity index (χ1) is 8.87. The third-order valence-electron chi connectivity index (χ3n) is 2.12. The van der Waals surface area contributed by atoms with E-state index in [4.69, 9.17) is 5.73 Å². The van der Waals surface area contributed by atoms with Gasteiger partial charge >= 0.3 is 6.36 Å². The van der Waals surface area contributed by atoms with Crippen LogP contribution in [0.1, 0.15) is 10.4 Å². The zero-order valence-corrected chi connectivity index (χ0v) is 9.96. The van der Waals surface area contributed by atoms with Gasteiger partial charge in [0.2, 0.25) is 5.91 Å². The summed E-state index contributed by atoms with van der Waals surface area (Å²) in [4.78, 5) is 11.7. The van der Waals surface area contributed by atoms with E-state index in [0.717, 1.165) is 23.7 Å². The number of hydrogen-bond acceptors (Lipinski definition) is 5. The van der Waals surface area contributed by atoms with Gasteiger partial charge in [-0.05, 0) is 29.7 Å². The Kier molecular flexibility index (Phi) is 3.38. The van der Waals surface area contributed by atoms with E-state index in [2.05, 4.69) is 14.3 Å². The van der Waals surface area contributed by atoms with Gasteiger partial charge in [0.1, 0.15) is 5.75 Å². The van der Waals surface area contributed by atoms with E-state index in [9.17, 15) is 18.0 Å². The second-order valence-corrected chi connectivity index (χ2v) is 4.19. The van der Waals surface area contributed by atoms with Crippen LogP contribution in [0.25, 0.3) is 10.4 Å². The summed E-state index contributed by atoms with van der Waals surface area (Å²) in [5.74, 6) is -1.21. The lowest BCUT2D eigenvalue weighted by Crippen LogP contribution is -2.18. The van der Waals surface area contributed by atoms with Crippen molar-refractivity contribution in [2.45, 2.75) is 6.36 Å². The van der Waals surface area contributed by atoms with Gasteiger partial charge < -0.3 is 10.5 Å². The second-order valence-electron chi connectivity index (χ2n) is 3.40. The number of nitrogens with zero attached hydrogens (tertiary/aromatic N) is 2. The van der Waals surface area contributed by atoms with Gasteiger partial charge in [-0.15, -0.1) is 18.3 Å². The van der Waals surface area contributed by atoms with Crippen LogP contribution in [0.15, 0.2) is 24.4 Å². The summed E-state index contributed by atoms with van der Waals surface area (Å²) in [6.07, 6.45) is -3.48. The van der Waals surface area contributed by atoms with E-state index < -0.39 is 18.0 Å². The number of benzene rings is 1. The number of aromatic nitrogens is 2. The summed E-state index contributed by atoms with van der Waals surface area (Å²) in [6, 6.07) is 3.26. The first-order valence-corrected chi connectivity index (χ1v) is 5.61. The number of ether oxygens (including phenoxy) is 1. The Morgan fingerprint density at radius 2 is 2.11 bits per heavy atom. The second kappa shape index (κ2) is 4.84. The summed E-state index contributed by atoms with van der Waals surface area (Å²) >= 11 is 0.929. The molecule has 0 unspecified atom stereocenters. The number of primary amides is 1. The molecule has 0 radical (unpaired) electrons. The van der Waals surface area contributed by atoms with Crippen molar-refractivity contribution in [2.24, 2.45) is 5.73 Å². The molecule has 0 saturated heterocycles. The summed E-state index contributed by atoms with van der Waals surface area (Å²) in [6.45, 7) is 0. The number of amides is 1. The summed E-state index contributed by atoms with van der Waals surface area (Å²) in [7, 11) is 0. The highest BCUT2D eigenvalue weighted by Gasteiger charge is 2.31. The number of alkyl halides is 3. The molecule has 0 saturated carbocycles. The predicted octanol–water partition coefficient (Wildman–Crippen LogP) is 2.20. The molecular weight excluding hydrogens is 283 g/mol. The number of nitrogens with two attached hydrogens (primary N) is 1. The van der Waals surface area contributed by atoms with Gasteiger partial charge in [-0.1, -0.05) is 4.49 Å². The molecule has 0 aliphatic rings. The fourth-order valence-electron chi connectivity index (χ4n) is 1.43. The quantitative estimate of drug-likeness (QED) is 0.939. The van der Waals surface area contributed by atoms with Crippen LogP contribution in [0.2, 0.25) is 0 Å². The topological polar surface area (TPSA) is 78.1 Å². The minimum absolute atomic E-state index is 0.0700. The molecular formula is C10H6F3N3O2S. The molecule has 1 aromatic heterocycles. The number of hydrogen-bond donors (Lipinski definition) is 1. The highest BCUT2D eigenvalue weighted by molar-refractivity contribution is 7.09. The molecule has 5 nitrogen and oxygen atoms in total. The maximum atomic E-state index is 12.1. The molecule has 1 amide bonds. The van der Waals surface area contributed by atoms with Crippen molar-refractivity contribution in [2.75, 3.05) is 0 Å². The smallest absolute Gasteiger partial charge is 0.406 e. The molecule has 0 aliphatic heterocycles. The highest BCUT2D eigenvalue weighted by atomic mass is 32.1. The zero-order chi connectivity index (χ0) is 14.0. The Labute approximate surface area is 109 Å². The third-order valence-corrected chi connectivity index (χ3v) is 2.81. The SMILES string of the molecule is NC(=O)c1ccc(OC(F)(F)F)cc1-c1cnns1. The van der Waals surface area contributed by atoms with E-state index in [0.29, 0.717) is 4.88 Å². The molecule has 2 N–H and O–H groups in total. The highest BCUT2D eigenvalue weighted by Crippen LogP contribution is 2.31. The van der Waals surface area contributed by atoms with Gasteiger partial charge in [0.05, 0.1) is 11.1 Å². The Bertz CT molecular complexity index is 599. The van der Waals surface area contributed by atoms with Crippen molar-refractivity contribution in [3.63, 3.8) is 0 Å². The van der Waals surface area contributed by atoms with Crippen LogP contribution >= 0.6 is 11.5 Å². The van der Waals surface area contributed by atoms with Crippen LogP contribution in [0.4, 0.5) is 13.2 Å². The van der Waals surface area contributed by atoms with Crippen molar-refractivity contribution in [3.8, 4) is 16.2 Å². The van der Waals surface area contributed by atoms with Gasteiger partial charge in [-0.3, -0.25) is 4.79 Å². The number of rotatable bonds is 3. The van der Waals surface area contributed by atoms with Gasteiger partial charge in [0.15, 0.2) is 0 Å². The maximum Gasteiger partial charge on any atom is 0.573 e. The van der Waals surface area contributed by atoms with Gasteiger partial charge in [-0.25, -0.2) is 0 Å². The number of carbonyl (C=O) groups is 1. The lowest BCUT2D eigenvalue weighted by atomic mass is 10.1. The monoisotopic (exact) mass is 289 g/mol. The molecule has 1 aromatic carbocycles. The molecule has 100 valence electrons. The molecule has 9 heteroatoms. The fraction of sp³-hybridized carbons (Fsp3) is 0.100. The lowest BCUT2D eigenvalue weighted by molar-refractivity contribution is -0.274. The molecule has 0 aliphatic carbocycles. The van der Waals surface area contributed by atoms with Crippen molar-refractivity contribution >= 4 is 17.4 Å². The van der Waals surface area contributed by atoms with Crippen LogP contribution < -0.4 is 10.5 Å². The zero-order valence-electron chi connectivity index (χ0n) is 9.14. The van der Waals surface area contributed by atoms with Crippen molar-refractivity contribution in [1.82, 2.24) is 9.59 Å². The number of halogens is 3. The van der Waals surface area contributed by atoms with Crippen LogP contribution in [0.3, 0.4) is 0 Å². The standard InChI is InChI=1S/C10H6F3N3O2S/c11-10(12,13)18-5-1-2-6(9(14)17)7(3-5)8-4-15-16-19-8/h1-4H,(H2,14,17). The Morgan fingerprint density at radius 1 is 1.37 bits per heavy atom. The Morgan fingerprint density at radius 3 is 2.63 bits per heavy atom. The average Bonchev–Trinajstić information content (AvgIpc) is 2.79. The van der Waals surface area contributed by atoms with E-state index in [1.54, 1.807) is 0 Å². The molecule has 0 spiro atoms. The van der Waals surface area contributed by atoms with E-state index >= 15 is 0 Å². The number of carbonyl (C=O) groups excluding carboxylic acids is 1. The Hall–Kier alpha value is -2.16. The van der Waals surface area contributed by atoms with Crippen molar-refractivity contribution < 1.29 is 22.7 Å². The molecule has 1 heterocycles. The lowest BCUT2D eigenvalue weighted by Gasteiger charge is -2.11. The van der Waals surface area contributed by atoms with Gasteiger partial charge in [0.25, 0.3) is 0 Å². The minimum atomic E-state index is -4.81. The molecule has 19 heavy (non-hydrogen) atoms. The van der Waals surface area contributed by atoms with Crippen molar-refractivity contribution in [3.05, 3.63) is 30.0 Å².